The van der Waals surface area contributed by atoms with Gasteiger partial charge in [0, 0.05) is 11.6 Å². The first kappa shape index (κ1) is 16.0. The summed E-state index contributed by atoms with van der Waals surface area (Å²) in [7, 11) is 3.01. The lowest BCUT2D eigenvalue weighted by Crippen LogP contribution is -2.00. The molecule has 0 saturated carbocycles. The van der Waals surface area contributed by atoms with Gasteiger partial charge in [0.2, 0.25) is 0 Å². The molecule has 2 aromatic rings. The van der Waals surface area contributed by atoms with Gasteiger partial charge in [-0.05, 0) is 45.8 Å². The van der Waals surface area contributed by atoms with Crippen LogP contribution >= 0.6 is 27.5 Å². The summed E-state index contributed by atoms with van der Waals surface area (Å²) in [5.74, 6) is -0.321. The number of methoxy groups -OCH3 is 2. The maximum atomic E-state index is 13.3. The molecule has 0 radical (unpaired) electrons. The van der Waals surface area contributed by atoms with Crippen LogP contribution < -0.4 is 9.47 Å². The number of hydrogen-bond donors (Lipinski definition) is 0. The molecule has 1 atom stereocenters. The van der Waals surface area contributed by atoms with E-state index in [0.29, 0.717) is 27.1 Å². The molecule has 0 aromatic heterocycles. The molecule has 0 aliphatic heterocycles. The average Bonchev–Trinajstić information content (AvgIpc) is 2.45. The molecule has 6 heteroatoms. The van der Waals surface area contributed by atoms with E-state index in [0.717, 1.165) is 6.07 Å². The fraction of sp³-hybridized carbons (Fsp3) is 0.200. The van der Waals surface area contributed by atoms with Gasteiger partial charge in [-0.25, -0.2) is 8.78 Å². The van der Waals surface area contributed by atoms with Gasteiger partial charge >= 0.3 is 0 Å². The fourth-order valence-corrected chi connectivity index (χ4v) is 2.76. The van der Waals surface area contributed by atoms with Gasteiger partial charge in [0.15, 0.2) is 0 Å². The molecule has 2 nitrogen and oxygen atoms in total. The summed E-state index contributed by atoms with van der Waals surface area (Å²) in [6.07, 6.45) is 0. The Morgan fingerprint density at radius 1 is 0.952 bits per heavy atom. The van der Waals surface area contributed by atoms with E-state index in [1.807, 2.05) is 0 Å². The monoisotopic (exact) mass is 376 g/mol. The number of halogens is 4. The van der Waals surface area contributed by atoms with Crippen LogP contribution in [0.5, 0.6) is 11.5 Å². The normalized spacial score (nSPS) is 12.1. The Balaban J connectivity index is 2.53. The van der Waals surface area contributed by atoms with Crippen molar-refractivity contribution in [3.05, 3.63) is 57.6 Å². The topological polar surface area (TPSA) is 18.5 Å². The molecule has 0 N–H and O–H groups in total. The first-order valence-corrected chi connectivity index (χ1v) is 7.20. The van der Waals surface area contributed by atoms with Gasteiger partial charge < -0.3 is 9.47 Å². The zero-order valence-electron chi connectivity index (χ0n) is 11.3. The maximum Gasteiger partial charge on any atom is 0.133 e. The van der Waals surface area contributed by atoms with E-state index in [1.54, 1.807) is 12.1 Å². The van der Waals surface area contributed by atoms with Crippen molar-refractivity contribution in [3.63, 3.8) is 0 Å². The highest BCUT2D eigenvalue weighted by Crippen LogP contribution is 2.41. The molecular formula is C15H12BrClF2O2. The zero-order chi connectivity index (χ0) is 15.6. The summed E-state index contributed by atoms with van der Waals surface area (Å²) in [6, 6.07) is 6.54. The minimum Gasteiger partial charge on any atom is -0.496 e. The van der Waals surface area contributed by atoms with Crippen LogP contribution in [0.25, 0.3) is 0 Å². The lowest BCUT2D eigenvalue weighted by atomic mass is 10.0. The Bertz CT molecular complexity index is 644. The molecule has 0 saturated heterocycles. The van der Waals surface area contributed by atoms with Gasteiger partial charge in [-0.1, -0.05) is 0 Å². The summed E-state index contributed by atoms with van der Waals surface area (Å²) < 4.78 is 37.8. The van der Waals surface area contributed by atoms with Crippen LogP contribution in [0.3, 0.4) is 0 Å². The van der Waals surface area contributed by atoms with E-state index in [4.69, 9.17) is 21.1 Å². The van der Waals surface area contributed by atoms with E-state index in [-0.39, 0.29) is 0 Å². The minimum atomic E-state index is -0.771. The van der Waals surface area contributed by atoms with Gasteiger partial charge in [0.25, 0.3) is 0 Å². The third kappa shape index (κ3) is 3.47. The van der Waals surface area contributed by atoms with Crippen LogP contribution in [0, 0.1) is 11.6 Å². The quantitative estimate of drug-likeness (QED) is 0.692. The fourth-order valence-electron chi connectivity index (χ4n) is 1.98. The molecule has 21 heavy (non-hydrogen) atoms. The van der Waals surface area contributed by atoms with Gasteiger partial charge in [-0.3, -0.25) is 0 Å². The predicted octanol–water partition coefficient (Wildman–Crippen LogP) is 5.07. The third-order valence-electron chi connectivity index (χ3n) is 2.95. The Hall–Kier alpha value is -1.33. The molecule has 1 unspecified atom stereocenters. The lowest BCUT2D eigenvalue weighted by molar-refractivity contribution is 0.397. The van der Waals surface area contributed by atoms with Gasteiger partial charge in [0.05, 0.1) is 24.1 Å². The summed E-state index contributed by atoms with van der Waals surface area (Å²) in [6.45, 7) is 0. The second-order valence-electron chi connectivity index (χ2n) is 4.29. The summed E-state index contributed by atoms with van der Waals surface area (Å²) in [5.41, 5.74) is 0.862. The molecular weight excluding hydrogens is 366 g/mol. The van der Waals surface area contributed by atoms with Crippen LogP contribution in [0.15, 0.2) is 34.8 Å². The van der Waals surface area contributed by atoms with E-state index in [9.17, 15) is 8.78 Å². The predicted molar refractivity (Wildman–Crippen MR) is 81.3 cm³/mol. The van der Waals surface area contributed by atoms with E-state index < -0.39 is 17.0 Å². The summed E-state index contributed by atoms with van der Waals surface area (Å²) >= 11 is 9.70. The summed E-state index contributed by atoms with van der Waals surface area (Å²) in [5, 5.41) is -0.771. The van der Waals surface area contributed by atoms with E-state index >= 15 is 0 Å². The van der Waals surface area contributed by atoms with Crippen LogP contribution in [0.2, 0.25) is 0 Å². The van der Waals surface area contributed by atoms with Crippen molar-refractivity contribution in [2.75, 3.05) is 14.2 Å². The van der Waals surface area contributed by atoms with Crippen molar-refractivity contribution in [2.24, 2.45) is 0 Å². The van der Waals surface area contributed by atoms with Crippen LogP contribution in [0.1, 0.15) is 16.5 Å². The smallest absolute Gasteiger partial charge is 0.133 e. The van der Waals surface area contributed by atoms with Crippen molar-refractivity contribution < 1.29 is 18.3 Å². The Morgan fingerprint density at radius 2 is 1.52 bits per heavy atom. The number of benzene rings is 2. The summed E-state index contributed by atoms with van der Waals surface area (Å²) in [4.78, 5) is 0. The Labute approximate surface area is 134 Å². The number of hydrogen-bond acceptors (Lipinski definition) is 2. The molecule has 0 spiro atoms. The van der Waals surface area contributed by atoms with E-state index in [1.165, 1.54) is 26.4 Å². The average molecular weight is 378 g/mol. The molecule has 2 rings (SSSR count). The SMILES string of the molecule is COc1cc(C(Cl)c2cc(F)cc(F)c2)c(OC)cc1Br. The molecule has 0 bridgehead atoms. The van der Waals surface area contributed by atoms with Crippen molar-refractivity contribution >= 4 is 27.5 Å². The second kappa shape index (κ2) is 6.62. The first-order chi connectivity index (χ1) is 9.96. The number of alkyl halides is 1. The molecule has 0 aliphatic carbocycles. The maximum absolute atomic E-state index is 13.3. The van der Waals surface area contributed by atoms with Crippen LogP contribution in [0.4, 0.5) is 8.78 Å². The lowest BCUT2D eigenvalue weighted by Gasteiger charge is -2.17. The molecule has 0 aliphatic rings. The number of ether oxygens (including phenoxy) is 2. The minimum absolute atomic E-state index is 0.303. The van der Waals surface area contributed by atoms with Crippen molar-refractivity contribution in [1.82, 2.24) is 0 Å². The molecule has 0 heterocycles. The van der Waals surface area contributed by atoms with Crippen LogP contribution in [-0.4, -0.2) is 14.2 Å². The molecule has 2 aromatic carbocycles. The Morgan fingerprint density at radius 3 is 2.05 bits per heavy atom. The molecule has 112 valence electrons. The van der Waals surface area contributed by atoms with E-state index in [2.05, 4.69) is 15.9 Å². The highest BCUT2D eigenvalue weighted by molar-refractivity contribution is 9.10. The number of rotatable bonds is 4. The van der Waals surface area contributed by atoms with Gasteiger partial charge in [-0.15, -0.1) is 11.6 Å². The molecule has 0 fully saturated rings. The van der Waals surface area contributed by atoms with Crippen molar-refractivity contribution in [3.8, 4) is 11.5 Å². The van der Waals surface area contributed by atoms with Crippen molar-refractivity contribution in [1.29, 1.82) is 0 Å². The van der Waals surface area contributed by atoms with Crippen LogP contribution in [-0.2, 0) is 0 Å². The third-order valence-corrected chi connectivity index (χ3v) is 4.06. The van der Waals surface area contributed by atoms with Crippen molar-refractivity contribution in [2.45, 2.75) is 5.38 Å². The molecule has 0 amide bonds. The second-order valence-corrected chi connectivity index (χ2v) is 5.58. The largest absolute Gasteiger partial charge is 0.496 e. The Kier molecular flexibility index (Phi) is 5.06. The highest BCUT2D eigenvalue weighted by atomic mass is 79.9. The van der Waals surface area contributed by atoms with Gasteiger partial charge in [0.1, 0.15) is 23.1 Å². The first-order valence-electron chi connectivity index (χ1n) is 5.97. The standard InChI is InChI=1S/C15H12BrClF2O2/c1-20-13-7-12(16)14(21-2)6-11(13)15(17)8-3-9(18)5-10(19)4-8/h3-7,15H,1-2H3. The van der Waals surface area contributed by atoms with Gasteiger partial charge in [-0.2, -0.15) is 0 Å². The zero-order valence-corrected chi connectivity index (χ0v) is 13.6. The highest BCUT2D eigenvalue weighted by Gasteiger charge is 2.20.